The molecule has 1 aromatic carbocycles. The second-order valence-corrected chi connectivity index (χ2v) is 9.65. The van der Waals surface area contributed by atoms with Gasteiger partial charge in [0, 0.05) is 38.1 Å². The summed E-state index contributed by atoms with van der Waals surface area (Å²) < 4.78 is 21.1. The van der Waals surface area contributed by atoms with Gasteiger partial charge in [0.2, 0.25) is 0 Å². The Balaban J connectivity index is 1.95. The molecule has 29 heavy (non-hydrogen) atoms. The summed E-state index contributed by atoms with van der Waals surface area (Å²) in [5.74, 6) is -0.624. The molecule has 5 nitrogen and oxygen atoms in total. The van der Waals surface area contributed by atoms with Gasteiger partial charge in [-0.3, -0.25) is 4.79 Å². The van der Waals surface area contributed by atoms with Crippen LogP contribution in [-0.2, 0) is 4.74 Å². The number of thiophene rings is 1. The van der Waals surface area contributed by atoms with E-state index >= 15 is 4.39 Å². The van der Waals surface area contributed by atoms with Gasteiger partial charge in [0.15, 0.2) is 0 Å². The van der Waals surface area contributed by atoms with Gasteiger partial charge in [-0.15, -0.1) is 11.3 Å². The van der Waals surface area contributed by atoms with Crippen LogP contribution in [0.1, 0.15) is 42.4 Å². The molecule has 1 aliphatic rings. The van der Waals surface area contributed by atoms with Crippen LogP contribution < -0.4 is 0 Å². The molecule has 1 aromatic heterocycles. The third-order valence-corrected chi connectivity index (χ3v) is 5.89. The quantitative estimate of drug-likeness (QED) is 0.629. The Kier molecular flexibility index (Phi) is 5.92. The number of carbonyl (C=O) groups excluding carboxylic acids is 2. The fourth-order valence-electron chi connectivity index (χ4n) is 3.10. The average molecular weight is 439 g/mol. The van der Waals surface area contributed by atoms with Gasteiger partial charge in [0.25, 0.3) is 5.91 Å². The molecular formula is C21H24ClFN2O3S. The maximum atomic E-state index is 15.4. The first kappa shape index (κ1) is 21.6. The Morgan fingerprint density at radius 2 is 1.97 bits per heavy atom. The molecule has 0 spiro atoms. The van der Waals surface area contributed by atoms with Crippen molar-refractivity contribution in [3.63, 3.8) is 0 Å². The van der Waals surface area contributed by atoms with Crippen molar-refractivity contribution in [1.29, 1.82) is 0 Å². The lowest BCUT2D eigenvalue weighted by Crippen LogP contribution is -2.39. The third kappa shape index (κ3) is 4.56. The monoisotopic (exact) mass is 438 g/mol. The van der Waals surface area contributed by atoms with Crippen molar-refractivity contribution in [3.05, 3.63) is 39.5 Å². The zero-order valence-electron chi connectivity index (χ0n) is 17.1. The predicted molar refractivity (Wildman–Crippen MR) is 115 cm³/mol. The van der Waals surface area contributed by atoms with Crippen LogP contribution in [0.3, 0.4) is 0 Å². The number of hydrogen-bond donors (Lipinski definition) is 0. The number of nitrogens with zero attached hydrogens (tertiary/aromatic N) is 2. The summed E-state index contributed by atoms with van der Waals surface area (Å²) in [5, 5.41) is 0.893. The van der Waals surface area contributed by atoms with Gasteiger partial charge >= 0.3 is 6.09 Å². The van der Waals surface area contributed by atoms with Crippen LogP contribution in [0.4, 0.5) is 9.18 Å². The molecule has 0 saturated carbocycles. The lowest BCUT2D eigenvalue weighted by atomic mass is 10.00. The Labute approximate surface area is 178 Å². The molecule has 2 amide bonds. The summed E-state index contributed by atoms with van der Waals surface area (Å²) in [6.07, 6.45) is 2.09. The lowest BCUT2D eigenvalue weighted by molar-refractivity contribution is 0.0273. The fourth-order valence-corrected chi connectivity index (χ4v) is 4.56. The number of rotatable bonds is 2. The molecule has 0 radical (unpaired) electrons. The molecule has 156 valence electrons. The molecule has 8 heteroatoms. The summed E-state index contributed by atoms with van der Waals surface area (Å²) in [6, 6.07) is 3.19. The summed E-state index contributed by atoms with van der Waals surface area (Å²) in [6.45, 7) is 6.17. The van der Waals surface area contributed by atoms with E-state index in [0.29, 0.717) is 44.1 Å². The highest BCUT2D eigenvalue weighted by Crippen LogP contribution is 2.38. The smallest absolute Gasteiger partial charge is 0.410 e. The molecule has 0 fully saturated rings. The highest BCUT2D eigenvalue weighted by atomic mass is 35.5. The van der Waals surface area contributed by atoms with Crippen molar-refractivity contribution in [2.75, 3.05) is 27.2 Å². The van der Waals surface area contributed by atoms with Gasteiger partial charge in [0.1, 0.15) is 11.4 Å². The minimum atomic E-state index is -0.599. The van der Waals surface area contributed by atoms with Crippen LogP contribution in [0.2, 0.25) is 5.02 Å². The topological polar surface area (TPSA) is 49.9 Å². The molecular weight excluding hydrogens is 415 g/mol. The van der Waals surface area contributed by atoms with E-state index in [9.17, 15) is 9.59 Å². The van der Waals surface area contributed by atoms with Crippen LogP contribution in [0, 0.1) is 5.82 Å². The largest absolute Gasteiger partial charge is 0.444 e. The zero-order chi connectivity index (χ0) is 21.5. The third-order valence-electron chi connectivity index (χ3n) is 4.46. The minimum absolute atomic E-state index is 0.198. The molecule has 0 aliphatic carbocycles. The van der Waals surface area contributed by atoms with Gasteiger partial charge in [-0.1, -0.05) is 17.7 Å². The van der Waals surface area contributed by atoms with Crippen molar-refractivity contribution >= 4 is 50.6 Å². The molecule has 3 rings (SSSR count). The Morgan fingerprint density at radius 1 is 1.28 bits per heavy atom. The molecule has 2 aromatic rings. The van der Waals surface area contributed by atoms with Crippen LogP contribution in [0.25, 0.3) is 15.7 Å². The second-order valence-electron chi connectivity index (χ2n) is 8.19. The normalized spacial score (nSPS) is 14.7. The van der Waals surface area contributed by atoms with Gasteiger partial charge < -0.3 is 14.5 Å². The van der Waals surface area contributed by atoms with E-state index in [4.69, 9.17) is 16.3 Å². The molecule has 0 unspecified atom stereocenters. The molecule has 1 aliphatic heterocycles. The average Bonchev–Trinajstić information content (AvgIpc) is 3.09. The number of ether oxygens (including phenoxy) is 1. The van der Waals surface area contributed by atoms with E-state index in [0.717, 1.165) is 11.3 Å². The molecule has 0 N–H and O–H groups in total. The van der Waals surface area contributed by atoms with E-state index in [2.05, 4.69) is 0 Å². The summed E-state index contributed by atoms with van der Waals surface area (Å²) in [4.78, 5) is 28.1. The van der Waals surface area contributed by atoms with Gasteiger partial charge in [-0.2, -0.15) is 0 Å². The van der Waals surface area contributed by atoms with E-state index in [-0.39, 0.29) is 12.5 Å². The number of halogens is 2. The SMILES string of the molecule is CN(C)C(=O)c1cc2c(Cl)cc(C3=CCCN(C(=O)OC(C)(C)C)C3)c(F)c2s1. The van der Waals surface area contributed by atoms with Gasteiger partial charge in [-0.05, 0) is 44.9 Å². The summed E-state index contributed by atoms with van der Waals surface area (Å²) in [7, 11) is 3.29. The highest BCUT2D eigenvalue weighted by molar-refractivity contribution is 7.21. The van der Waals surface area contributed by atoms with E-state index < -0.39 is 17.5 Å². The fraction of sp³-hybridized carbons (Fsp3) is 0.429. The molecule has 0 saturated heterocycles. The van der Waals surface area contributed by atoms with Crippen LogP contribution in [0.5, 0.6) is 0 Å². The van der Waals surface area contributed by atoms with E-state index in [1.165, 1.54) is 4.90 Å². The first-order valence-corrected chi connectivity index (χ1v) is 10.5. The maximum Gasteiger partial charge on any atom is 0.410 e. The van der Waals surface area contributed by atoms with Crippen molar-refractivity contribution in [1.82, 2.24) is 9.80 Å². The molecule has 0 atom stereocenters. The van der Waals surface area contributed by atoms with Gasteiger partial charge in [0.05, 0.1) is 14.6 Å². The van der Waals surface area contributed by atoms with Crippen molar-refractivity contribution < 1.29 is 18.7 Å². The van der Waals surface area contributed by atoms with E-state index in [1.54, 1.807) is 31.1 Å². The second kappa shape index (κ2) is 7.95. The number of benzene rings is 1. The number of carbonyl (C=O) groups is 2. The number of fused-ring (bicyclic) bond motifs is 1. The first-order chi connectivity index (χ1) is 13.5. The van der Waals surface area contributed by atoms with Gasteiger partial charge in [-0.25, -0.2) is 9.18 Å². The predicted octanol–water partition coefficient (Wildman–Crippen LogP) is 5.42. The van der Waals surface area contributed by atoms with Crippen molar-refractivity contribution in [2.24, 2.45) is 0 Å². The first-order valence-electron chi connectivity index (χ1n) is 9.28. The Bertz CT molecular complexity index is 1010. The number of hydrogen-bond acceptors (Lipinski definition) is 4. The lowest BCUT2D eigenvalue weighted by Gasteiger charge is -2.30. The van der Waals surface area contributed by atoms with Crippen LogP contribution in [0.15, 0.2) is 18.2 Å². The summed E-state index contributed by atoms with van der Waals surface area (Å²) >= 11 is 7.50. The van der Waals surface area contributed by atoms with Crippen molar-refractivity contribution in [3.8, 4) is 0 Å². The number of amides is 2. The minimum Gasteiger partial charge on any atom is -0.444 e. The standard InChI is InChI=1S/C21H24ClFN2O3S/c1-21(2,3)28-20(27)25-8-6-7-12(11-25)13-9-15(22)14-10-16(19(26)24(4)5)29-18(14)17(13)23/h7,9-10H,6,8,11H2,1-5H3. The summed E-state index contributed by atoms with van der Waals surface area (Å²) in [5.41, 5.74) is 0.428. The maximum absolute atomic E-state index is 15.4. The zero-order valence-corrected chi connectivity index (χ0v) is 18.7. The Hall–Kier alpha value is -2.12. The highest BCUT2D eigenvalue weighted by Gasteiger charge is 2.27. The Morgan fingerprint density at radius 3 is 2.59 bits per heavy atom. The molecule has 0 bridgehead atoms. The molecule has 2 heterocycles. The van der Waals surface area contributed by atoms with Crippen molar-refractivity contribution in [2.45, 2.75) is 32.8 Å². The van der Waals surface area contributed by atoms with Crippen LogP contribution >= 0.6 is 22.9 Å². The van der Waals surface area contributed by atoms with Crippen LogP contribution in [-0.4, -0.2) is 54.6 Å². The van der Waals surface area contributed by atoms with E-state index in [1.807, 2.05) is 26.8 Å².